The highest BCUT2D eigenvalue weighted by Crippen LogP contribution is 2.55. The molecule has 1 saturated carbocycles. The fourth-order valence-corrected chi connectivity index (χ4v) is 2.42. The van der Waals surface area contributed by atoms with Gasteiger partial charge >= 0.3 is 0 Å². The van der Waals surface area contributed by atoms with E-state index in [2.05, 4.69) is 27.7 Å². The largest absolute Gasteiger partial charge is 0.327 e. The van der Waals surface area contributed by atoms with E-state index in [9.17, 15) is 0 Å². The maximum atomic E-state index is 6.00. The first kappa shape index (κ1) is 9.05. The van der Waals surface area contributed by atoms with Crippen LogP contribution in [-0.2, 0) is 0 Å². The van der Waals surface area contributed by atoms with Gasteiger partial charge in [-0.15, -0.1) is 0 Å². The highest BCUT2D eigenvalue weighted by Gasteiger charge is 2.57. The molecule has 1 rings (SSSR count). The van der Waals surface area contributed by atoms with Crippen molar-refractivity contribution in [3.63, 3.8) is 0 Å². The second-order valence-corrected chi connectivity index (χ2v) is 4.45. The van der Waals surface area contributed by atoms with Gasteiger partial charge in [0.1, 0.15) is 0 Å². The average Bonchev–Trinajstić information content (AvgIpc) is 2.41. The maximum Gasteiger partial charge on any atom is 0.0130 e. The molecular weight excluding hydrogens is 134 g/mol. The second kappa shape index (κ2) is 2.78. The van der Waals surface area contributed by atoms with E-state index in [-0.39, 0.29) is 0 Å². The summed E-state index contributed by atoms with van der Waals surface area (Å²) in [5.74, 6) is 1.65. The van der Waals surface area contributed by atoms with Crippen molar-refractivity contribution >= 4 is 0 Å². The van der Waals surface area contributed by atoms with Crippen LogP contribution in [0.1, 0.15) is 40.5 Å². The summed E-state index contributed by atoms with van der Waals surface area (Å²) in [5, 5.41) is 0. The molecular formula is C10H21N. The Morgan fingerprint density at radius 2 is 1.64 bits per heavy atom. The normalized spacial score (nSPS) is 34.4. The molecule has 0 aromatic heterocycles. The molecule has 0 aromatic rings. The minimum atomic E-state index is 0.427. The Morgan fingerprint density at radius 1 is 1.27 bits per heavy atom. The first-order valence-corrected chi connectivity index (χ1v) is 4.81. The summed E-state index contributed by atoms with van der Waals surface area (Å²) in [4.78, 5) is 0. The van der Waals surface area contributed by atoms with E-state index in [1.165, 1.54) is 12.8 Å². The molecule has 1 aliphatic rings. The fourth-order valence-electron chi connectivity index (χ4n) is 2.42. The zero-order chi connectivity index (χ0) is 8.65. The van der Waals surface area contributed by atoms with E-state index in [1.54, 1.807) is 0 Å². The summed E-state index contributed by atoms with van der Waals surface area (Å²) in [6, 6.07) is 0.465. The van der Waals surface area contributed by atoms with Gasteiger partial charge in [-0.1, -0.05) is 40.5 Å². The summed E-state index contributed by atoms with van der Waals surface area (Å²) in [7, 11) is 0. The van der Waals surface area contributed by atoms with Gasteiger partial charge in [0.25, 0.3) is 0 Å². The van der Waals surface area contributed by atoms with Crippen molar-refractivity contribution in [3.8, 4) is 0 Å². The Labute approximate surface area is 70.4 Å². The summed E-state index contributed by atoms with van der Waals surface area (Å²) in [6.07, 6.45) is 2.58. The molecule has 0 unspecified atom stereocenters. The third kappa shape index (κ3) is 1.31. The van der Waals surface area contributed by atoms with Crippen molar-refractivity contribution in [1.82, 2.24) is 0 Å². The molecule has 1 aliphatic carbocycles. The van der Waals surface area contributed by atoms with Gasteiger partial charge < -0.3 is 5.73 Å². The van der Waals surface area contributed by atoms with Crippen LogP contribution in [0.3, 0.4) is 0 Å². The summed E-state index contributed by atoms with van der Waals surface area (Å²) in [6.45, 7) is 9.13. The van der Waals surface area contributed by atoms with Gasteiger partial charge in [0, 0.05) is 6.04 Å². The molecule has 1 heteroatoms. The van der Waals surface area contributed by atoms with Crippen LogP contribution in [0.25, 0.3) is 0 Å². The highest BCUT2D eigenvalue weighted by molar-refractivity contribution is 5.10. The second-order valence-electron chi connectivity index (χ2n) is 4.45. The fraction of sp³-hybridized carbons (Fsp3) is 1.00. The van der Waals surface area contributed by atoms with Crippen molar-refractivity contribution in [2.24, 2.45) is 23.0 Å². The minimum Gasteiger partial charge on any atom is -0.327 e. The predicted octanol–water partition coefficient (Wildman–Crippen LogP) is 2.41. The van der Waals surface area contributed by atoms with Crippen LogP contribution >= 0.6 is 0 Å². The molecule has 0 heterocycles. The van der Waals surface area contributed by atoms with E-state index in [0.29, 0.717) is 11.5 Å². The Kier molecular flexibility index (Phi) is 2.29. The van der Waals surface area contributed by atoms with Crippen LogP contribution in [-0.4, -0.2) is 6.04 Å². The van der Waals surface area contributed by atoms with Gasteiger partial charge in [0.05, 0.1) is 0 Å². The van der Waals surface area contributed by atoms with Gasteiger partial charge in [0.15, 0.2) is 0 Å². The molecule has 0 aromatic carbocycles. The van der Waals surface area contributed by atoms with Gasteiger partial charge in [-0.25, -0.2) is 0 Å². The number of hydrogen-bond donors (Lipinski definition) is 1. The van der Waals surface area contributed by atoms with Crippen LogP contribution in [0.15, 0.2) is 0 Å². The van der Waals surface area contributed by atoms with Gasteiger partial charge in [-0.05, 0) is 17.3 Å². The van der Waals surface area contributed by atoms with Crippen LogP contribution in [0, 0.1) is 17.3 Å². The van der Waals surface area contributed by atoms with Crippen LogP contribution < -0.4 is 5.73 Å². The topological polar surface area (TPSA) is 26.0 Å². The number of nitrogens with two attached hydrogens (primary N) is 1. The predicted molar refractivity (Wildman–Crippen MR) is 49.3 cm³/mol. The molecule has 0 bridgehead atoms. The third-order valence-corrected chi connectivity index (χ3v) is 3.55. The molecule has 1 fully saturated rings. The highest BCUT2D eigenvalue weighted by atomic mass is 14.8. The standard InChI is InChI=1S/C10H21N/c1-5-7(6-2)8-9(11)10(8,3)4/h7-9H,5-6,11H2,1-4H3/t8-,9-/m0/s1. The van der Waals surface area contributed by atoms with Crippen molar-refractivity contribution in [2.45, 2.75) is 46.6 Å². The molecule has 2 atom stereocenters. The quantitative estimate of drug-likeness (QED) is 0.665. The SMILES string of the molecule is CCC(CC)[C@H]1[C@H](N)C1(C)C. The van der Waals surface area contributed by atoms with Gasteiger partial charge in [-0.3, -0.25) is 0 Å². The number of rotatable bonds is 3. The lowest BCUT2D eigenvalue weighted by molar-refractivity contribution is 0.371. The van der Waals surface area contributed by atoms with Gasteiger partial charge in [-0.2, -0.15) is 0 Å². The van der Waals surface area contributed by atoms with Crippen molar-refractivity contribution in [2.75, 3.05) is 0 Å². The molecule has 0 radical (unpaired) electrons. The lowest BCUT2D eigenvalue weighted by Crippen LogP contribution is -2.09. The Balaban J connectivity index is 2.51. The Bertz CT molecular complexity index is 136. The van der Waals surface area contributed by atoms with Crippen LogP contribution in [0.5, 0.6) is 0 Å². The van der Waals surface area contributed by atoms with Crippen LogP contribution in [0.2, 0.25) is 0 Å². The first-order chi connectivity index (χ1) is 5.05. The third-order valence-electron chi connectivity index (χ3n) is 3.55. The number of hydrogen-bond acceptors (Lipinski definition) is 1. The zero-order valence-corrected chi connectivity index (χ0v) is 8.22. The zero-order valence-electron chi connectivity index (χ0n) is 8.22. The maximum absolute atomic E-state index is 6.00. The van der Waals surface area contributed by atoms with Crippen molar-refractivity contribution in [1.29, 1.82) is 0 Å². The van der Waals surface area contributed by atoms with E-state index in [1.807, 2.05) is 0 Å². The molecule has 1 nitrogen and oxygen atoms in total. The molecule has 2 N–H and O–H groups in total. The molecule has 66 valence electrons. The van der Waals surface area contributed by atoms with Crippen molar-refractivity contribution < 1.29 is 0 Å². The van der Waals surface area contributed by atoms with Gasteiger partial charge in [0.2, 0.25) is 0 Å². The smallest absolute Gasteiger partial charge is 0.0130 e. The average molecular weight is 155 g/mol. The van der Waals surface area contributed by atoms with E-state index in [0.717, 1.165) is 11.8 Å². The molecule has 0 amide bonds. The van der Waals surface area contributed by atoms with E-state index >= 15 is 0 Å². The van der Waals surface area contributed by atoms with E-state index < -0.39 is 0 Å². The molecule has 0 saturated heterocycles. The van der Waals surface area contributed by atoms with E-state index in [4.69, 9.17) is 5.73 Å². The Hall–Kier alpha value is -0.0400. The Morgan fingerprint density at radius 3 is 1.73 bits per heavy atom. The minimum absolute atomic E-state index is 0.427. The summed E-state index contributed by atoms with van der Waals surface area (Å²) >= 11 is 0. The van der Waals surface area contributed by atoms with Crippen LogP contribution in [0.4, 0.5) is 0 Å². The van der Waals surface area contributed by atoms with Crippen molar-refractivity contribution in [3.05, 3.63) is 0 Å². The summed E-state index contributed by atoms with van der Waals surface area (Å²) < 4.78 is 0. The monoisotopic (exact) mass is 155 g/mol. The molecule has 11 heavy (non-hydrogen) atoms. The molecule has 0 aliphatic heterocycles. The summed E-state index contributed by atoms with van der Waals surface area (Å²) in [5.41, 5.74) is 6.42. The molecule has 0 spiro atoms. The first-order valence-electron chi connectivity index (χ1n) is 4.81. The lowest BCUT2D eigenvalue weighted by atomic mass is 9.93. The lowest BCUT2D eigenvalue weighted by Gasteiger charge is -2.12.